The molecule has 3 nitrogen and oxygen atoms in total. The Bertz CT molecular complexity index is 318. The molecule has 0 bridgehead atoms. The lowest BCUT2D eigenvalue weighted by atomic mass is 9.81. The van der Waals surface area contributed by atoms with E-state index in [9.17, 15) is 23.1 Å². The molecule has 0 unspecified atom stereocenters. The molecule has 0 spiro atoms. The van der Waals surface area contributed by atoms with Crippen LogP contribution in [0, 0.1) is 11.3 Å². The summed E-state index contributed by atoms with van der Waals surface area (Å²) in [7, 11) is 0. The first-order chi connectivity index (χ1) is 7.83. The Morgan fingerprint density at radius 2 is 2.18 bits per heavy atom. The molecule has 0 amide bonds. The normalized spacial score (nSPS) is 33.9. The van der Waals surface area contributed by atoms with Crippen molar-refractivity contribution in [2.45, 2.75) is 31.9 Å². The number of aliphatic carboxylic acids is 1. The van der Waals surface area contributed by atoms with Crippen molar-refractivity contribution in [2.75, 3.05) is 19.6 Å². The van der Waals surface area contributed by atoms with Crippen LogP contribution in [0.25, 0.3) is 0 Å². The molecule has 1 heterocycles. The van der Waals surface area contributed by atoms with Crippen LogP contribution in [-0.4, -0.2) is 41.8 Å². The molecule has 17 heavy (non-hydrogen) atoms. The zero-order chi connectivity index (χ0) is 12.7. The first-order valence-corrected chi connectivity index (χ1v) is 5.86. The highest BCUT2D eigenvalue weighted by atomic mass is 19.4. The molecular formula is C11H16F3NO2. The van der Waals surface area contributed by atoms with Gasteiger partial charge in [0.05, 0.1) is 11.8 Å². The lowest BCUT2D eigenvalue weighted by Crippen LogP contribution is -2.36. The van der Waals surface area contributed by atoms with Crippen molar-refractivity contribution in [2.24, 2.45) is 11.3 Å². The smallest absolute Gasteiger partial charge is 0.390 e. The number of likely N-dealkylation sites (tertiary alicyclic amines) is 1. The summed E-state index contributed by atoms with van der Waals surface area (Å²) in [6.07, 6.45) is -2.70. The fourth-order valence-corrected chi connectivity index (χ4v) is 3.20. The van der Waals surface area contributed by atoms with Gasteiger partial charge in [-0.1, -0.05) is 6.42 Å². The highest BCUT2D eigenvalue weighted by Crippen LogP contribution is 2.48. The fraction of sp³-hybridized carbons (Fsp3) is 0.909. The maximum atomic E-state index is 12.1. The summed E-state index contributed by atoms with van der Waals surface area (Å²) in [4.78, 5) is 13.0. The van der Waals surface area contributed by atoms with Crippen LogP contribution >= 0.6 is 0 Å². The lowest BCUT2D eigenvalue weighted by molar-refractivity contribution is -0.149. The predicted octanol–water partition coefficient (Wildman–Crippen LogP) is 2.13. The standard InChI is InChI=1S/C11H16F3NO2/c12-11(13,14)4-5-15-6-8-2-1-3-10(8,7-15)9(16)17/h8H,1-7H2,(H,16,17)/t8-,10+/m0/s1. The summed E-state index contributed by atoms with van der Waals surface area (Å²) >= 11 is 0. The number of carboxylic acids is 1. The van der Waals surface area contributed by atoms with E-state index in [1.54, 1.807) is 4.90 Å². The molecule has 1 N–H and O–H groups in total. The molecule has 2 rings (SSSR count). The summed E-state index contributed by atoms with van der Waals surface area (Å²) in [5.74, 6) is -0.803. The van der Waals surface area contributed by atoms with Gasteiger partial charge in [0.1, 0.15) is 0 Å². The molecule has 0 aromatic carbocycles. The van der Waals surface area contributed by atoms with Crippen LogP contribution in [0.1, 0.15) is 25.7 Å². The van der Waals surface area contributed by atoms with Crippen molar-refractivity contribution < 1.29 is 23.1 Å². The number of hydrogen-bond acceptors (Lipinski definition) is 2. The number of nitrogens with zero attached hydrogens (tertiary/aromatic N) is 1. The number of carboxylic acid groups (broad SMARTS) is 1. The monoisotopic (exact) mass is 251 g/mol. The first-order valence-electron chi connectivity index (χ1n) is 5.86. The molecule has 6 heteroatoms. The van der Waals surface area contributed by atoms with Gasteiger partial charge in [-0.2, -0.15) is 13.2 Å². The number of rotatable bonds is 3. The number of alkyl halides is 3. The van der Waals surface area contributed by atoms with Crippen LogP contribution < -0.4 is 0 Å². The second kappa shape index (κ2) is 4.15. The van der Waals surface area contributed by atoms with E-state index < -0.39 is 24.0 Å². The van der Waals surface area contributed by atoms with E-state index in [1.165, 1.54) is 0 Å². The number of halogens is 3. The third kappa shape index (κ3) is 2.41. The highest BCUT2D eigenvalue weighted by Gasteiger charge is 2.54. The molecule has 0 aromatic rings. The SMILES string of the molecule is O=C(O)[C@@]12CCC[C@H]1CN(CCC(F)(F)F)C2. The summed E-state index contributed by atoms with van der Waals surface area (Å²) in [6.45, 7) is 0.709. The van der Waals surface area contributed by atoms with Gasteiger partial charge >= 0.3 is 12.1 Å². The Balaban J connectivity index is 1.96. The van der Waals surface area contributed by atoms with Gasteiger partial charge in [-0.05, 0) is 18.8 Å². The van der Waals surface area contributed by atoms with Crippen molar-refractivity contribution in [3.63, 3.8) is 0 Å². The number of fused-ring (bicyclic) bond motifs is 1. The molecule has 1 saturated heterocycles. The van der Waals surface area contributed by atoms with Crippen molar-refractivity contribution in [3.8, 4) is 0 Å². The third-order valence-electron chi connectivity index (χ3n) is 4.08. The van der Waals surface area contributed by atoms with E-state index in [4.69, 9.17) is 0 Å². The van der Waals surface area contributed by atoms with Gasteiger partial charge in [0.25, 0.3) is 0 Å². The maximum absolute atomic E-state index is 12.1. The van der Waals surface area contributed by atoms with Crippen molar-refractivity contribution in [1.82, 2.24) is 4.90 Å². The van der Waals surface area contributed by atoms with E-state index in [0.717, 1.165) is 12.8 Å². The van der Waals surface area contributed by atoms with E-state index in [2.05, 4.69) is 0 Å². The van der Waals surface area contributed by atoms with Gasteiger partial charge in [0, 0.05) is 19.6 Å². The Morgan fingerprint density at radius 1 is 1.47 bits per heavy atom. The van der Waals surface area contributed by atoms with Crippen LogP contribution in [-0.2, 0) is 4.79 Å². The quantitative estimate of drug-likeness (QED) is 0.835. The minimum Gasteiger partial charge on any atom is -0.481 e. The topological polar surface area (TPSA) is 40.5 Å². The minimum absolute atomic E-state index is 0.0354. The van der Waals surface area contributed by atoms with Gasteiger partial charge in [0.2, 0.25) is 0 Å². The fourth-order valence-electron chi connectivity index (χ4n) is 3.20. The Hall–Kier alpha value is -0.780. The third-order valence-corrected chi connectivity index (χ3v) is 4.08. The van der Waals surface area contributed by atoms with E-state index in [0.29, 0.717) is 13.0 Å². The van der Waals surface area contributed by atoms with Gasteiger partial charge < -0.3 is 10.0 Å². The van der Waals surface area contributed by atoms with Crippen molar-refractivity contribution in [3.05, 3.63) is 0 Å². The van der Waals surface area contributed by atoms with Gasteiger partial charge in [-0.25, -0.2) is 0 Å². The predicted molar refractivity (Wildman–Crippen MR) is 54.5 cm³/mol. The van der Waals surface area contributed by atoms with E-state index in [-0.39, 0.29) is 19.0 Å². The average molecular weight is 251 g/mol. The van der Waals surface area contributed by atoms with Gasteiger partial charge in [-0.3, -0.25) is 4.79 Å². The highest BCUT2D eigenvalue weighted by molar-refractivity contribution is 5.76. The number of hydrogen-bond donors (Lipinski definition) is 1. The number of carbonyl (C=O) groups is 1. The summed E-state index contributed by atoms with van der Waals surface area (Å²) in [6, 6.07) is 0. The molecule has 0 aromatic heterocycles. The largest absolute Gasteiger partial charge is 0.481 e. The summed E-state index contributed by atoms with van der Waals surface area (Å²) < 4.78 is 36.3. The lowest BCUT2D eigenvalue weighted by Gasteiger charge is -2.23. The van der Waals surface area contributed by atoms with Crippen LogP contribution in [0.5, 0.6) is 0 Å². The molecule has 1 aliphatic heterocycles. The van der Waals surface area contributed by atoms with Crippen molar-refractivity contribution in [1.29, 1.82) is 0 Å². The van der Waals surface area contributed by atoms with Crippen LogP contribution in [0.15, 0.2) is 0 Å². The maximum Gasteiger partial charge on any atom is 0.390 e. The summed E-state index contributed by atoms with van der Waals surface area (Å²) in [5, 5.41) is 9.27. The van der Waals surface area contributed by atoms with E-state index in [1.807, 2.05) is 0 Å². The Kier molecular flexibility index (Phi) is 3.10. The molecule has 2 atom stereocenters. The first kappa shape index (κ1) is 12.7. The van der Waals surface area contributed by atoms with Gasteiger partial charge in [-0.15, -0.1) is 0 Å². The molecule has 2 fully saturated rings. The molecular weight excluding hydrogens is 235 g/mol. The second-order valence-corrected chi connectivity index (χ2v) is 5.15. The van der Waals surface area contributed by atoms with Crippen LogP contribution in [0.2, 0.25) is 0 Å². The van der Waals surface area contributed by atoms with Gasteiger partial charge in [0.15, 0.2) is 0 Å². The Morgan fingerprint density at radius 3 is 2.71 bits per heavy atom. The average Bonchev–Trinajstić information content (AvgIpc) is 2.69. The molecule has 1 aliphatic carbocycles. The molecule has 2 aliphatic rings. The second-order valence-electron chi connectivity index (χ2n) is 5.15. The molecule has 0 radical (unpaired) electrons. The zero-order valence-corrected chi connectivity index (χ0v) is 9.46. The van der Waals surface area contributed by atoms with Crippen molar-refractivity contribution >= 4 is 5.97 Å². The molecule has 1 saturated carbocycles. The summed E-state index contributed by atoms with van der Waals surface area (Å²) in [5.41, 5.74) is -0.772. The minimum atomic E-state index is -4.16. The van der Waals surface area contributed by atoms with Crippen LogP contribution in [0.4, 0.5) is 13.2 Å². The van der Waals surface area contributed by atoms with E-state index >= 15 is 0 Å². The molecule has 98 valence electrons. The van der Waals surface area contributed by atoms with Crippen LogP contribution in [0.3, 0.4) is 0 Å². The Labute approximate surface area is 97.6 Å². The zero-order valence-electron chi connectivity index (χ0n) is 9.46.